The van der Waals surface area contributed by atoms with Crippen molar-refractivity contribution in [3.63, 3.8) is 0 Å². The van der Waals surface area contributed by atoms with Gasteiger partial charge in [-0.1, -0.05) is 25.1 Å². The fourth-order valence-electron chi connectivity index (χ4n) is 10.6. The number of nitrogens with one attached hydrogen (secondary N) is 1. The zero-order valence-corrected chi connectivity index (χ0v) is 34.7. The van der Waals surface area contributed by atoms with E-state index in [1.807, 2.05) is 30.1 Å². The fraction of sp³-hybridized carbons (Fsp3) is 0.628. The number of anilines is 1. The highest BCUT2D eigenvalue weighted by molar-refractivity contribution is 7.92. The van der Waals surface area contributed by atoms with Crippen LogP contribution in [0, 0.1) is 17.7 Å². The first-order valence-electron chi connectivity index (χ1n) is 20.7. The van der Waals surface area contributed by atoms with Crippen molar-refractivity contribution in [2.75, 3.05) is 105 Å². The molecule has 0 aromatic heterocycles. The van der Waals surface area contributed by atoms with Crippen molar-refractivity contribution in [1.29, 1.82) is 0 Å². The summed E-state index contributed by atoms with van der Waals surface area (Å²) in [4.78, 5) is 36.0. The van der Waals surface area contributed by atoms with Gasteiger partial charge in [-0.25, -0.2) is 17.6 Å². The highest BCUT2D eigenvalue weighted by Gasteiger charge is 2.54. The number of carbonyl (C=O) groups is 2. The van der Waals surface area contributed by atoms with Gasteiger partial charge in [-0.2, -0.15) is 0 Å². The number of carbonyl (C=O) groups excluding carboxylic acids is 2. The van der Waals surface area contributed by atoms with Crippen LogP contribution in [0.15, 0.2) is 66.1 Å². The number of ether oxygens (including phenoxy) is 2. The number of methoxy groups -OCH3 is 2. The van der Waals surface area contributed by atoms with Crippen molar-refractivity contribution in [2.45, 2.75) is 65.7 Å². The molecule has 4 saturated heterocycles. The van der Waals surface area contributed by atoms with Crippen LogP contribution in [-0.4, -0.2) is 157 Å². The number of likely N-dealkylation sites (N-methyl/N-ethyl adjacent to an activating group) is 1. The van der Waals surface area contributed by atoms with E-state index < -0.39 is 21.2 Å². The van der Waals surface area contributed by atoms with Gasteiger partial charge in [0.25, 0.3) is 0 Å². The molecule has 7 rings (SSSR count). The molecule has 4 aliphatic heterocycles. The van der Waals surface area contributed by atoms with E-state index in [1.165, 1.54) is 25.7 Å². The normalized spacial score (nSPS) is 26.1. The molecule has 2 amide bonds. The molecule has 57 heavy (non-hydrogen) atoms. The van der Waals surface area contributed by atoms with Crippen LogP contribution in [0.5, 0.6) is 0 Å². The molecule has 0 spiro atoms. The number of alkyl carbamates (subject to hydrolysis) is 1. The minimum Gasteiger partial charge on any atom is -0.453 e. The van der Waals surface area contributed by atoms with Gasteiger partial charge in [-0.15, -0.1) is 0 Å². The molecule has 0 radical (unpaired) electrons. The molecule has 12 nitrogen and oxygen atoms in total. The summed E-state index contributed by atoms with van der Waals surface area (Å²) < 4.78 is 54.0. The highest BCUT2D eigenvalue weighted by atomic mass is 32.2. The van der Waals surface area contributed by atoms with Crippen LogP contribution in [0.3, 0.4) is 0 Å². The molecular formula is C43H61FN6O6S. The van der Waals surface area contributed by atoms with Crippen LogP contribution >= 0.6 is 0 Å². The second kappa shape index (κ2) is 17.3. The second-order valence-electron chi connectivity index (χ2n) is 17.2. The van der Waals surface area contributed by atoms with Crippen molar-refractivity contribution < 1.29 is 31.9 Å². The third-order valence-corrected chi connectivity index (χ3v) is 15.9. The van der Waals surface area contributed by atoms with Crippen molar-refractivity contribution in [1.82, 2.24) is 24.9 Å². The van der Waals surface area contributed by atoms with E-state index in [4.69, 9.17) is 9.47 Å². The summed E-state index contributed by atoms with van der Waals surface area (Å²) >= 11 is 0. The van der Waals surface area contributed by atoms with Gasteiger partial charge < -0.3 is 39.3 Å². The summed E-state index contributed by atoms with van der Waals surface area (Å²) in [6.07, 6.45) is 6.80. The molecular weight excluding hydrogens is 748 g/mol. The minimum atomic E-state index is -3.69. The third kappa shape index (κ3) is 8.62. The predicted octanol–water partition coefficient (Wildman–Crippen LogP) is 4.01. The summed E-state index contributed by atoms with van der Waals surface area (Å²) in [5.74, 6) is -0.0126. The summed E-state index contributed by atoms with van der Waals surface area (Å²) in [7, 11) is 1.38. The molecule has 1 aliphatic carbocycles. The SMILES string of the molecule is C=CC(=O)N1CCN(C)CC(S(=O)(=O)c2ccc(N3CC(CN4CCC([C@@](CN5CCC5)(c5cccc(F)c5)[C@H]5CCC[C@@H]5NC(=O)OC)CC4)(OC)C3)cc2)C1. The van der Waals surface area contributed by atoms with Gasteiger partial charge in [0, 0.05) is 63.5 Å². The zero-order chi connectivity index (χ0) is 40.4. The lowest BCUT2D eigenvalue weighted by Crippen LogP contribution is -2.68. The lowest BCUT2D eigenvalue weighted by Gasteiger charge is -2.55. The highest BCUT2D eigenvalue weighted by Crippen LogP contribution is 2.51. The number of hydrogen-bond donors (Lipinski definition) is 1. The number of nitrogens with zero attached hydrogens (tertiary/aromatic N) is 5. The first kappa shape index (κ1) is 41.6. The van der Waals surface area contributed by atoms with Crippen LogP contribution in [0.1, 0.15) is 44.1 Å². The maximum absolute atomic E-state index is 15.1. The Balaban J connectivity index is 1.02. The molecule has 312 valence electrons. The van der Waals surface area contributed by atoms with E-state index in [1.54, 1.807) is 30.2 Å². The van der Waals surface area contributed by atoms with E-state index >= 15 is 4.39 Å². The lowest BCUT2D eigenvalue weighted by atomic mass is 9.57. The summed E-state index contributed by atoms with van der Waals surface area (Å²) in [6.45, 7) is 12.0. The number of hydrogen-bond acceptors (Lipinski definition) is 10. The van der Waals surface area contributed by atoms with E-state index in [-0.39, 0.29) is 46.1 Å². The van der Waals surface area contributed by atoms with Crippen LogP contribution in [0.25, 0.3) is 0 Å². The van der Waals surface area contributed by atoms with E-state index in [9.17, 15) is 18.0 Å². The van der Waals surface area contributed by atoms with Gasteiger partial charge in [0.2, 0.25) is 5.91 Å². The topological polar surface area (TPSA) is 115 Å². The molecule has 5 aliphatic rings. The maximum Gasteiger partial charge on any atom is 0.407 e. The smallest absolute Gasteiger partial charge is 0.407 e. The number of rotatable bonds is 13. The number of benzene rings is 2. The Kier molecular flexibility index (Phi) is 12.7. The molecule has 1 saturated carbocycles. The molecule has 0 bridgehead atoms. The molecule has 1 unspecified atom stereocenters. The van der Waals surface area contributed by atoms with Crippen molar-refractivity contribution >= 4 is 27.5 Å². The van der Waals surface area contributed by atoms with Crippen LogP contribution in [0.2, 0.25) is 0 Å². The first-order chi connectivity index (χ1) is 27.4. The quantitative estimate of drug-likeness (QED) is 0.298. The van der Waals surface area contributed by atoms with E-state index in [0.717, 1.165) is 82.6 Å². The Hall–Kier alpha value is -3.56. The largest absolute Gasteiger partial charge is 0.453 e. The summed E-state index contributed by atoms with van der Waals surface area (Å²) in [5.41, 5.74) is 1.31. The van der Waals surface area contributed by atoms with Crippen LogP contribution in [0.4, 0.5) is 14.9 Å². The van der Waals surface area contributed by atoms with Crippen LogP contribution in [-0.2, 0) is 29.5 Å². The number of halogens is 1. The standard InChI is InChI=1S/C43H61FN6O6S/c1-5-40(51)49-24-23-46(2)26-37(27-49)57(53,54)36-15-13-35(14-16-36)50-29-42(30-50,56-4)28-48-21-17-32(18-22-48)43(31-47-19-8-20-47,33-9-6-10-34(44)25-33)38-11-7-12-39(38)45-41(52)55-3/h5-6,9-10,13-16,25,32,37-39H,1,7-8,11-12,17-24,26-31H2,2-4H3,(H,45,52)/t37?,38-,39-,43-/m0/s1. The lowest BCUT2D eigenvalue weighted by molar-refractivity contribution is -0.125. The number of sulfone groups is 1. The van der Waals surface area contributed by atoms with Gasteiger partial charge in [-0.05, 0) is 125 Å². The average Bonchev–Trinajstić information content (AvgIpc) is 3.55. The zero-order valence-electron chi connectivity index (χ0n) is 33.9. The van der Waals surface area contributed by atoms with Crippen molar-refractivity contribution in [3.05, 3.63) is 72.6 Å². The van der Waals surface area contributed by atoms with Gasteiger partial charge in [-0.3, -0.25) is 4.79 Å². The first-order valence-corrected chi connectivity index (χ1v) is 22.2. The molecule has 14 heteroatoms. The summed E-state index contributed by atoms with van der Waals surface area (Å²) in [5, 5.41) is 2.44. The Morgan fingerprint density at radius 2 is 1.68 bits per heavy atom. The Morgan fingerprint density at radius 1 is 0.947 bits per heavy atom. The predicted molar refractivity (Wildman–Crippen MR) is 219 cm³/mol. The fourth-order valence-corrected chi connectivity index (χ4v) is 12.3. The molecule has 2 aromatic rings. The van der Waals surface area contributed by atoms with Gasteiger partial charge >= 0.3 is 6.09 Å². The monoisotopic (exact) mass is 808 g/mol. The Bertz CT molecular complexity index is 1850. The van der Waals surface area contributed by atoms with E-state index in [2.05, 4.69) is 32.7 Å². The van der Waals surface area contributed by atoms with E-state index in [0.29, 0.717) is 38.6 Å². The Labute approximate surface area is 338 Å². The molecule has 4 atom stereocenters. The van der Waals surface area contributed by atoms with Gasteiger partial charge in [0.15, 0.2) is 9.84 Å². The van der Waals surface area contributed by atoms with Gasteiger partial charge in [0.1, 0.15) is 11.4 Å². The van der Waals surface area contributed by atoms with Crippen molar-refractivity contribution in [3.8, 4) is 0 Å². The number of piperidine rings is 1. The Morgan fingerprint density at radius 3 is 2.32 bits per heavy atom. The molecule has 5 fully saturated rings. The second-order valence-corrected chi connectivity index (χ2v) is 19.4. The van der Waals surface area contributed by atoms with Gasteiger partial charge in [0.05, 0.1) is 30.3 Å². The number of likely N-dealkylation sites (tertiary alicyclic amines) is 2. The van der Waals surface area contributed by atoms with Crippen molar-refractivity contribution in [2.24, 2.45) is 11.8 Å². The van der Waals surface area contributed by atoms with Crippen LogP contribution < -0.4 is 10.2 Å². The third-order valence-electron chi connectivity index (χ3n) is 13.8. The molecule has 2 aromatic carbocycles. The summed E-state index contributed by atoms with van der Waals surface area (Å²) in [6, 6.07) is 14.3. The maximum atomic E-state index is 15.1. The molecule has 4 heterocycles. The number of amides is 2. The minimum absolute atomic E-state index is 0.0381. The average molecular weight is 809 g/mol. The molecule has 1 N–H and O–H groups in total.